The molecular weight excluding hydrogens is 344 g/mol. The van der Waals surface area contributed by atoms with Crippen LogP contribution in [0.1, 0.15) is 30.1 Å². The molecule has 0 unspecified atom stereocenters. The van der Waals surface area contributed by atoms with Gasteiger partial charge in [-0.2, -0.15) is 0 Å². The third kappa shape index (κ3) is 3.32. The first kappa shape index (κ1) is 17.0. The van der Waals surface area contributed by atoms with E-state index in [2.05, 4.69) is 6.92 Å². The number of piperidine rings is 1. The monoisotopic (exact) mass is 364 g/mol. The van der Waals surface area contributed by atoms with Crippen molar-refractivity contribution in [3.8, 4) is 11.3 Å². The molecule has 132 valence electrons. The van der Waals surface area contributed by atoms with Crippen LogP contribution < -0.4 is 0 Å². The van der Waals surface area contributed by atoms with Crippen LogP contribution >= 0.6 is 11.6 Å². The lowest BCUT2D eigenvalue weighted by Crippen LogP contribution is -2.39. The Kier molecular flexibility index (Phi) is 4.64. The molecule has 2 heterocycles. The summed E-state index contributed by atoms with van der Waals surface area (Å²) in [5, 5.41) is 1.60. The summed E-state index contributed by atoms with van der Waals surface area (Å²) in [5.74, 6) is 0.655. The van der Waals surface area contributed by atoms with Crippen molar-refractivity contribution >= 4 is 28.4 Å². The number of carbonyl (C=O) groups is 1. The van der Waals surface area contributed by atoms with Gasteiger partial charge in [0, 0.05) is 29.1 Å². The molecule has 0 spiro atoms. The Morgan fingerprint density at radius 3 is 2.69 bits per heavy atom. The number of pyridine rings is 1. The van der Waals surface area contributed by atoms with Gasteiger partial charge in [0.25, 0.3) is 5.91 Å². The van der Waals surface area contributed by atoms with Gasteiger partial charge in [-0.15, -0.1) is 0 Å². The van der Waals surface area contributed by atoms with Crippen LogP contribution in [0.4, 0.5) is 0 Å². The lowest BCUT2D eigenvalue weighted by Gasteiger charge is -2.31. The number of halogens is 1. The Morgan fingerprint density at radius 1 is 1.15 bits per heavy atom. The zero-order chi connectivity index (χ0) is 18.1. The van der Waals surface area contributed by atoms with Gasteiger partial charge in [-0.25, -0.2) is 4.98 Å². The molecule has 0 N–H and O–H groups in total. The van der Waals surface area contributed by atoms with Gasteiger partial charge < -0.3 is 4.90 Å². The van der Waals surface area contributed by atoms with Crippen LogP contribution in [-0.2, 0) is 0 Å². The number of para-hydroxylation sites is 1. The lowest BCUT2D eigenvalue weighted by molar-refractivity contribution is 0.0685. The third-order valence-corrected chi connectivity index (χ3v) is 5.28. The van der Waals surface area contributed by atoms with E-state index in [-0.39, 0.29) is 5.91 Å². The third-order valence-electron chi connectivity index (χ3n) is 5.03. The van der Waals surface area contributed by atoms with Gasteiger partial charge in [-0.05, 0) is 43.0 Å². The Hall–Kier alpha value is -2.39. The Labute approximate surface area is 158 Å². The molecule has 3 aromatic rings. The van der Waals surface area contributed by atoms with E-state index in [0.717, 1.165) is 47.2 Å². The van der Waals surface area contributed by atoms with E-state index in [1.54, 1.807) is 0 Å². The number of likely N-dealkylation sites (tertiary alicyclic amines) is 1. The highest BCUT2D eigenvalue weighted by Crippen LogP contribution is 2.28. The summed E-state index contributed by atoms with van der Waals surface area (Å²) in [7, 11) is 0. The molecule has 1 aromatic heterocycles. The van der Waals surface area contributed by atoms with Crippen molar-refractivity contribution in [3.63, 3.8) is 0 Å². The Balaban J connectivity index is 1.82. The van der Waals surface area contributed by atoms with Gasteiger partial charge in [-0.1, -0.05) is 48.9 Å². The Bertz CT molecular complexity index is 952. The zero-order valence-electron chi connectivity index (χ0n) is 14.8. The van der Waals surface area contributed by atoms with Gasteiger partial charge in [0.1, 0.15) is 0 Å². The van der Waals surface area contributed by atoms with E-state index < -0.39 is 0 Å². The van der Waals surface area contributed by atoms with Crippen molar-refractivity contribution in [2.75, 3.05) is 13.1 Å². The average molecular weight is 365 g/mol. The molecule has 1 saturated heterocycles. The van der Waals surface area contributed by atoms with Crippen molar-refractivity contribution in [1.29, 1.82) is 0 Å². The summed E-state index contributed by atoms with van der Waals surface area (Å²) < 4.78 is 0. The van der Waals surface area contributed by atoms with Crippen LogP contribution in [0.5, 0.6) is 0 Å². The summed E-state index contributed by atoms with van der Waals surface area (Å²) in [6, 6.07) is 17.4. The van der Waals surface area contributed by atoms with Crippen LogP contribution in [0.2, 0.25) is 5.02 Å². The molecule has 4 heteroatoms. The van der Waals surface area contributed by atoms with Gasteiger partial charge in [0.05, 0.1) is 16.8 Å². The van der Waals surface area contributed by atoms with E-state index in [1.165, 1.54) is 6.42 Å². The highest BCUT2D eigenvalue weighted by Gasteiger charge is 2.24. The zero-order valence-corrected chi connectivity index (χ0v) is 15.5. The topological polar surface area (TPSA) is 33.2 Å². The van der Waals surface area contributed by atoms with E-state index in [0.29, 0.717) is 10.9 Å². The number of fused-ring (bicyclic) bond motifs is 1. The Morgan fingerprint density at radius 2 is 1.92 bits per heavy atom. The molecule has 1 aliphatic rings. The highest BCUT2D eigenvalue weighted by atomic mass is 35.5. The first-order valence-corrected chi connectivity index (χ1v) is 9.44. The van der Waals surface area contributed by atoms with E-state index >= 15 is 0 Å². The number of benzene rings is 2. The van der Waals surface area contributed by atoms with Crippen LogP contribution in [-0.4, -0.2) is 28.9 Å². The van der Waals surface area contributed by atoms with E-state index in [1.807, 2.05) is 59.5 Å². The number of nitrogens with zero attached hydrogens (tertiary/aromatic N) is 2. The largest absolute Gasteiger partial charge is 0.338 e. The molecular formula is C22H21ClN2O. The molecule has 0 saturated carbocycles. The number of amides is 1. The minimum atomic E-state index is 0.102. The average Bonchev–Trinajstić information content (AvgIpc) is 2.67. The number of carbonyl (C=O) groups excluding carboxylic acids is 1. The van der Waals surface area contributed by atoms with Crippen molar-refractivity contribution < 1.29 is 4.79 Å². The molecule has 2 aromatic carbocycles. The predicted molar refractivity (Wildman–Crippen MR) is 106 cm³/mol. The van der Waals surface area contributed by atoms with E-state index in [9.17, 15) is 4.79 Å². The molecule has 1 fully saturated rings. The summed E-state index contributed by atoms with van der Waals surface area (Å²) in [5.41, 5.74) is 3.33. The molecule has 1 atom stereocenters. The molecule has 3 nitrogen and oxygen atoms in total. The molecule has 0 radical (unpaired) electrons. The number of hydrogen-bond acceptors (Lipinski definition) is 2. The quantitative estimate of drug-likeness (QED) is 0.607. The fraction of sp³-hybridized carbons (Fsp3) is 0.273. The summed E-state index contributed by atoms with van der Waals surface area (Å²) >= 11 is 6.01. The molecule has 26 heavy (non-hydrogen) atoms. The van der Waals surface area contributed by atoms with Gasteiger partial charge in [-0.3, -0.25) is 4.79 Å². The maximum absolute atomic E-state index is 13.3. The van der Waals surface area contributed by atoms with Crippen molar-refractivity contribution in [2.24, 2.45) is 5.92 Å². The molecule has 4 rings (SSSR count). The first-order chi connectivity index (χ1) is 12.6. The highest BCUT2D eigenvalue weighted by molar-refractivity contribution is 6.30. The SMILES string of the molecule is C[C@H]1CCCN(C(=O)c2cc(-c3ccc(Cl)cc3)nc3ccccc23)C1. The second kappa shape index (κ2) is 7.08. The van der Waals surface area contributed by atoms with Crippen LogP contribution in [0.15, 0.2) is 54.6 Å². The van der Waals surface area contributed by atoms with Crippen LogP contribution in [0.25, 0.3) is 22.2 Å². The maximum Gasteiger partial charge on any atom is 0.254 e. The predicted octanol–water partition coefficient (Wildman–Crippen LogP) is 5.43. The summed E-state index contributed by atoms with van der Waals surface area (Å²) in [6.45, 7) is 3.87. The summed E-state index contributed by atoms with van der Waals surface area (Å²) in [6.07, 6.45) is 2.26. The van der Waals surface area contributed by atoms with Gasteiger partial charge >= 0.3 is 0 Å². The molecule has 0 bridgehead atoms. The minimum absolute atomic E-state index is 0.102. The number of aromatic nitrogens is 1. The normalized spacial score (nSPS) is 17.5. The van der Waals surface area contributed by atoms with Crippen molar-refractivity contribution in [3.05, 3.63) is 65.2 Å². The molecule has 1 amide bonds. The molecule has 0 aliphatic carbocycles. The molecule has 1 aliphatic heterocycles. The summed E-state index contributed by atoms with van der Waals surface area (Å²) in [4.78, 5) is 20.0. The van der Waals surface area contributed by atoms with Gasteiger partial charge in [0.2, 0.25) is 0 Å². The fourth-order valence-electron chi connectivity index (χ4n) is 3.67. The number of rotatable bonds is 2. The van der Waals surface area contributed by atoms with Gasteiger partial charge in [0.15, 0.2) is 0 Å². The first-order valence-electron chi connectivity index (χ1n) is 9.07. The second-order valence-corrected chi connectivity index (χ2v) is 7.51. The maximum atomic E-state index is 13.3. The smallest absolute Gasteiger partial charge is 0.254 e. The standard InChI is InChI=1S/C22H21ClN2O/c1-15-5-4-12-25(14-15)22(26)19-13-21(16-8-10-17(23)11-9-16)24-20-7-3-2-6-18(19)20/h2-3,6-11,13,15H,4-5,12,14H2,1H3/t15-/m0/s1. The van der Waals surface area contributed by atoms with E-state index in [4.69, 9.17) is 16.6 Å². The van der Waals surface area contributed by atoms with Crippen molar-refractivity contribution in [2.45, 2.75) is 19.8 Å². The fourth-order valence-corrected chi connectivity index (χ4v) is 3.79. The number of hydrogen-bond donors (Lipinski definition) is 0. The van der Waals surface area contributed by atoms with Crippen LogP contribution in [0.3, 0.4) is 0 Å². The second-order valence-electron chi connectivity index (χ2n) is 7.08. The lowest BCUT2D eigenvalue weighted by atomic mass is 9.98. The van der Waals surface area contributed by atoms with Crippen LogP contribution in [0, 0.1) is 5.92 Å². The van der Waals surface area contributed by atoms with Crippen molar-refractivity contribution in [1.82, 2.24) is 9.88 Å². The minimum Gasteiger partial charge on any atom is -0.338 e.